The number of ether oxygens (including phenoxy) is 1. The molecule has 0 spiro atoms. The Balaban J connectivity index is 2.52. The van der Waals surface area contributed by atoms with Crippen molar-refractivity contribution < 1.29 is 9.53 Å². The largest absolute Gasteiger partial charge is 0.466 e. The Labute approximate surface area is 73.2 Å². The molecule has 0 saturated heterocycles. The summed E-state index contributed by atoms with van der Waals surface area (Å²) in [6.45, 7) is 2.11. The lowest BCUT2D eigenvalue weighted by Crippen LogP contribution is -2.08. The Morgan fingerprint density at radius 1 is 1.75 bits per heavy atom. The molecule has 0 atom stereocenters. The van der Waals surface area contributed by atoms with E-state index in [4.69, 9.17) is 4.74 Å². The fourth-order valence-electron chi connectivity index (χ4n) is 0.768. The molecule has 1 rings (SSSR count). The lowest BCUT2D eigenvalue weighted by Gasteiger charge is -1.97. The molecule has 1 aromatic rings. The van der Waals surface area contributed by atoms with Crippen LogP contribution in [0.1, 0.15) is 12.6 Å². The maximum Gasteiger partial charge on any atom is 0.311 e. The summed E-state index contributed by atoms with van der Waals surface area (Å²) in [5, 5.41) is 1.62. The zero-order chi connectivity index (χ0) is 8.97. The average molecular weight is 187 g/mol. The molecule has 0 radical (unpaired) electrons. The molecule has 12 heavy (non-hydrogen) atoms. The maximum atomic E-state index is 10.9. The van der Waals surface area contributed by atoms with Crippen molar-refractivity contribution in [1.82, 2.24) is 4.98 Å². The first-order valence-electron chi connectivity index (χ1n) is 3.54. The zero-order valence-electron chi connectivity index (χ0n) is 6.62. The van der Waals surface area contributed by atoms with E-state index in [-0.39, 0.29) is 17.3 Å². The molecule has 66 valence electrons. The summed E-state index contributed by atoms with van der Waals surface area (Å²) < 4.78 is 4.70. The number of hydrogen-bond donors (Lipinski definition) is 1. The fraction of sp³-hybridized carbons (Fsp3) is 0.429. The molecule has 0 unspecified atom stereocenters. The highest BCUT2D eigenvalue weighted by Crippen LogP contribution is 1.97. The van der Waals surface area contributed by atoms with Crippen molar-refractivity contribution in [3.63, 3.8) is 0 Å². The van der Waals surface area contributed by atoms with Gasteiger partial charge in [0.1, 0.15) is 0 Å². The molecule has 0 bridgehead atoms. The number of H-pyrrole nitrogens is 1. The standard InChI is InChI=1S/C7H9NO3S/c1-2-11-6(9)3-5-4-12-7(10)8-5/h4H,2-3H2,1H3,(H,8,10). The molecule has 0 aromatic carbocycles. The number of nitrogens with one attached hydrogen (secondary N) is 1. The number of rotatable bonds is 3. The third-order valence-electron chi connectivity index (χ3n) is 1.21. The molecule has 0 amide bonds. The van der Waals surface area contributed by atoms with Gasteiger partial charge in [-0.3, -0.25) is 9.59 Å². The van der Waals surface area contributed by atoms with Crippen LogP contribution in [0.25, 0.3) is 0 Å². The molecule has 1 heterocycles. The molecule has 1 N–H and O–H groups in total. The van der Waals surface area contributed by atoms with Gasteiger partial charge in [-0.25, -0.2) is 0 Å². The van der Waals surface area contributed by atoms with Crippen LogP contribution in [-0.4, -0.2) is 17.6 Å². The van der Waals surface area contributed by atoms with Gasteiger partial charge in [0.15, 0.2) is 0 Å². The first-order chi connectivity index (χ1) is 5.72. The van der Waals surface area contributed by atoms with Crippen LogP contribution in [-0.2, 0) is 16.0 Å². The van der Waals surface area contributed by atoms with Crippen LogP contribution in [0.4, 0.5) is 0 Å². The van der Waals surface area contributed by atoms with Crippen molar-refractivity contribution in [3.05, 3.63) is 20.7 Å². The van der Waals surface area contributed by atoms with Crippen LogP contribution in [0.5, 0.6) is 0 Å². The van der Waals surface area contributed by atoms with Crippen molar-refractivity contribution in [2.45, 2.75) is 13.3 Å². The number of esters is 1. The number of aromatic nitrogens is 1. The van der Waals surface area contributed by atoms with Crippen molar-refractivity contribution in [2.75, 3.05) is 6.61 Å². The normalized spacial score (nSPS) is 9.75. The Bertz CT molecular complexity index is 314. The Morgan fingerprint density at radius 3 is 3.00 bits per heavy atom. The van der Waals surface area contributed by atoms with Crippen molar-refractivity contribution in [3.8, 4) is 0 Å². The van der Waals surface area contributed by atoms with Crippen LogP contribution in [0, 0.1) is 0 Å². The van der Waals surface area contributed by atoms with E-state index in [1.807, 2.05) is 0 Å². The number of thiazole rings is 1. The third kappa shape index (κ3) is 2.50. The summed E-state index contributed by atoms with van der Waals surface area (Å²) in [5.41, 5.74) is 0.614. The third-order valence-corrected chi connectivity index (χ3v) is 1.93. The van der Waals surface area contributed by atoms with E-state index in [9.17, 15) is 9.59 Å². The molecule has 0 saturated carbocycles. The topological polar surface area (TPSA) is 59.2 Å². The summed E-state index contributed by atoms with van der Waals surface area (Å²) in [7, 11) is 0. The van der Waals surface area contributed by atoms with E-state index >= 15 is 0 Å². The second kappa shape index (κ2) is 4.06. The van der Waals surface area contributed by atoms with E-state index in [0.29, 0.717) is 12.3 Å². The van der Waals surface area contributed by atoms with E-state index in [0.717, 1.165) is 11.3 Å². The number of carbonyl (C=O) groups excluding carboxylic acids is 1. The predicted molar refractivity (Wildman–Crippen MR) is 45.3 cm³/mol. The second-order valence-electron chi connectivity index (χ2n) is 2.16. The van der Waals surface area contributed by atoms with Gasteiger partial charge in [0.2, 0.25) is 0 Å². The van der Waals surface area contributed by atoms with E-state index in [1.54, 1.807) is 12.3 Å². The molecule has 1 aromatic heterocycles. The van der Waals surface area contributed by atoms with Crippen LogP contribution in [0.3, 0.4) is 0 Å². The minimum atomic E-state index is -0.313. The predicted octanol–water partition coefficient (Wildman–Crippen LogP) is 0.542. The molecule has 4 nitrogen and oxygen atoms in total. The molecule has 0 aliphatic carbocycles. The summed E-state index contributed by atoms with van der Waals surface area (Å²) in [5.74, 6) is -0.313. The summed E-state index contributed by atoms with van der Waals surface area (Å²) in [6, 6.07) is 0. The van der Waals surface area contributed by atoms with Gasteiger partial charge in [-0.2, -0.15) is 0 Å². The van der Waals surface area contributed by atoms with Crippen molar-refractivity contribution >= 4 is 17.3 Å². The monoisotopic (exact) mass is 187 g/mol. The van der Waals surface area contributed by atoms with Crippen LogP contribution < -0.4 is 4.87 Å². The lowest BCUT2D eigenvalue weighted by molar-refractivity contribution is -0.142. The highest BCUT2D eigenvalue weighted by atomic mass is 32.1. The molecular weight excluding hydrogens is 178 g/mol. The van der Waals surface area contributed by atoms with Gasteiger partial charge in [0.05, 0.1) is 13.0 Å². The van der Waals surface area contributed by atoms with E-state index in [2.05, 4.69) is 4.98 Å². The van der Waals surface area contributed by atoms with Crippen LogP contribution in [0.15, 0.2) is 10.2 Å². The molecule has 5 heteroatoms. The number of hydrogen-bond acceptors (Lipinski definition) is 4. The Hall–Kier alpha value is -1.10. The van der Waals surface area contributed by atoms with Gasteiger partial charge in [-0.05, 0) is 6.92 Å². The van der Waals surface area contributed by atoms with E-state index in [1.165, 1.54) is 0 Å². The number of carbonyl (C=O) groups is 1. The maximum absolute atomic E-state index is 10.9. The Kier molecular flexibility index (Phi) is 3.04. The van der Waals surface area contributed by atoms with Gasteiger partial charge in [0.25, 0.3) is 0 Å². The molecule has 0 aliphatic rings. The highest BCUT2D eigenvalue weighted by Gasteiger charge is 2.04. The molecule has 0 fully saturated rings. The summed E-state index contributed by atoms with van der Waals surface area (Å²) >= 11 is 1.05. The van der Waals surface area contributed by atoms with Gasteiger partial charge in [0, 0.05) is 11.1 Å². The first-order valence-corrected chi connectivity index (χ1v) is 4.42. The van der Waals surface area contributed by atoms with Crippen molar-refractivity contribution in [2.24, 2.45) is 0 Å². The minimum absolute atomic E-state index is 0.144. The minimum Gasteiger partial charge on any atom is -0.466 e. The Morgan fingerprint density at radius 2 is 2.50 bits per heavy atom. The fourth-order valence-corrected chi connectivity index (χ4v) is 1.35. The first kappa shape index (κ1) is 8.99. The van der Waals surface area contributed by atoms with Crippen molar-refractivity contribution in [1.29, 1.82) is 0 Å². The van der Waals surface area contributed by atoms with Gasteiger partial charge in [-0.1, -0.05) is 11.3 Å². The lowest BCUT2D eigenvalue weighted by atomic mass is 10.3. The quantitative estimate of drug-likeness (QED) is 0.703. The summed E-state index contributed by atoms with van der Waals surface area (Å²) in [6.07, 6.45) is 0.145. The van der Waals surface area contributed by atoms with E-state index < -0.39 is 0 Å². The molecular formula is C7H9NO3S. The summed E-state index contributed by atoms with van der Waals surface area (Å²) in [4.78, 5) is 23.9. The highest BCUT2D eigenvalue weighted by molar-refractivity contribution is 7.07. The van der Waals surface area contributed by atoms with Gasteiger partial charge in [-0.15, -0.1) is 0 Å². The average Bonchev–Trinajstić information content (AvgIpc) is 2.36. The number of aromatic amines is 1. The second-order valence-corrected chi connectivity index (χ2v) is 3.00. The van der Waals surface area contributed by atoms with Crippen LogP contribution in [0.2, 0.25) is 0 Å². The molecule has 0 aliphatic heterocycles. The van der Waals surface area contributed by atoms with Gasteiger partial charge < -0.3 is 9.72 Å². The zero-order valence-corrected chi connectivity index (χ0v) is 7.44. The van der Waals surface area contributed by atoms with Gasteiger partial charge >= 0.3 is 10.8 Å². The van der Waals surface area contributed by atoms with Crippen LogP contribution >= 0.6 is 11.3 Å². The SMILES string of the molecule is CCOC(=O)Cc1csc(=O)[nH]1. The smallest absolute Gasteiger partial charge is 0.311 e.